The predicted octanol–water partition coefficient (Wildman–Crippen LogP) is 3.32. The zero-order valence-corrected chi connectivity index (χ0v) is 17.4. The maximum Gasteiger partial charge on any atom is 0.318 e. The first-order chi connectivity index (χ1) is 13.5. The van der Waals surface area contributed by atoms with Gasteiger partial charge in [0, 0.05) is 30.6 Å². The van der Waals surface area contributed by atoms with Crippen LogP contribution in [0.1, 0.15) is 45.0 Å². The summed E-state index contributed by atoms with van der Waals surface area (Å²) in [6.45, 7) is 8.83. The lowest BCUT2D eigenvalue weighted by molar-refractivity contribution is -0.161. The lowest BCUT2D eigenvalue weighted by Gasteiger charge is -2.30. The monoisotopic (exact) mass is 394 g/mol. The molecule has 29 heavy (non-hydrogen) atoms. The number of rotatable bonds is 4. The highest BCUT2D eigenvalue weighted by molar-refractivity contribution is 5.91. The summed E-state index contributed by atoms with van der Waals surface area (Å²) in [7, 11) is 0. The van der Waals surface area contributed by atoms with E-state index in [2.05, 4.69) is 10.1 Å². The Labute approximate surface area is 169 Å². The molecule has 1 unspecified atom stereocenters. The smallest absolute Gasteiger partial charge is 0.318 e. The van der Waals surface area contributed by atoms with Gasteiger partial charge in [-0.3, -0.25) is 14.6 Å². The number of hydrogen-bond donors (Lipinski definition) is 1. The highest BCUT2D eigenvalue weighted by Gasteiger charge is 2.38. The molecule has 0 radical (unpaired) electrons. The minimum absolute atomic E-state index is 0.110. The third-order valence-corrected chi connectivity index (χ3v) is 4.82. The molecule has 2 aromatic heterocycles. The molecule has 2 heterocycles. The Balaban J connectivity index is 1.92. The van der Waals surface area contributed by atoms with Crippen LogP contribution in [0.5, 0.6) is 0 Å². The number of carbonyl (C=O) groups is 2. The van der Waals surface area contributed by atoms with Crippen molar-refractivity contribution in [2.75, 3.05) is 6.54 Å². The van der Waals surface area contributed by atoms with Crippen molar-refractivity contribution in [3.05, 3.63) is 48.3 Å². The van der Waals surface area contributed by atoms with E-state index in [0.29, 0.717) is 5.56 Å². The number of nitrogens with two attached hydrogens (primary N) is 1. The summed E-state index contributed by atoms with van der Waals surface area (Å²) in [5.41, 5.74) is 7.43. The Hall–Kier alpha value is -3.06. The van der Waals surface area contributed by atoms with E-state index in [0.717, 1.165) is 22.2 Å². The van der Waals surface area contributed by atoms with Gasteiger partial charge in [0.1, 0.15) is 11.0 Å². The molecule has 0 fully saturated rings. The van der Waals surface area contributed by atoms with Crippen LogP contribution in [0.25, 0.3) is 22.2 Å². The van der Waals surface area contributed by atoms with Gasteiger partial charge in [0.15, 0.2) is 0 Å². The van der Waals surface area contributed by atoms with Crippen LogP contribution in [0.15, 0.2) is 42.7 Å². The number of aromatic nitrogens is 3. The molecule has 0 bridgehead atoms. The van der Waals surface area contributed by atoms with Gasteiger partial charge in [0.25, 0.3) is 0 Å². The van der Waals surface area contributed by atoms with Gasteiger partial charge in [-0.15, -0.1) is 0 Å². The molecule has 0 aliphatic carbocycles. The second-order valence-electron chi connectivity index (χ2n) is 8.32. The normalized spacial score (nSPS) is 13.9. The van der Waals surface area contributed by atoms with Gasteiger partial charge >= 0.3 is 5.97 Å². The van der Waals surface area contributed by atoms with Crippen LogP contribution < -0.4 is 5.73 Å². The van der Waals surface area contributed by atoms with E-state index in [9.17, 15) is 9.59 Å². The summed E-state index contributed by atoms with van der Waals surface area (Å²) >= 11 is 0. The first-order valence-electron chi connectivity index (χ1n) is 9.44. The molecule has 3 rings (SSSR count). The number of fused-ring (bicyclic) bond motifs is 1. The minimum Gasteiger partial charge on any atom is -0.459 e. The highest BCUT2D eigenvalue weighted by atomic mass is 16.6. The molecular formula is C22H26N4O3. The van der Waals surface area contributed by atoms with Crippen LogP contribution in [0.3, 0.4) is 0 Å². The van der Waals surface area contributed by atoms with E-state index in [1.54, 1.807) is 19.3 Å². The molecule has 1 aromatic carbocycles. The van der Waals surface area contributed by atoms with Gasteiger partial charge in [-0.1, -0.05) is 12.1 Å². The molecule has 0 aliphatic rings. The third kappa shape index (κ3) is 4.05. The van der Waals surface area contributed by atoms with Crippen LogP contribution in [0, 0.1) is 0 Å². The second-order valence-corrected chi connectivity index (χ2v) is 8.32. The average Bonchev–Trinajstić information content (AvgIpc) is 3.09. The van der Waals surface area contributed by atoms with Crippen molar-refractivity contribution >= 4 is 22.8 Å². The lowest BCUT2D eigenvalue weighted by atomic mass is 9.83. The molecule has 2 N–H and O–H groups in total. The maximum absolute atomic E-state index is 12.7. The summed E-state index contributed by atoms with van der Waals surface area (Å²) in [6.07, 6.45) is 3.32. The van der Waals surface area contributed by atoms with Crippen molar-refractivity contribution in [1.29, 1.82) is 0 Å². The molecule has 152 valence electrons. The second kappa shape index (κ2) is 7.40. The fourth-order valence-electron chi connectivity index (χ4n) is 3.04. The first-order valence-corrected chi connectivity index (χ1v) is 9.44. The molecule has 0 spiro atoms. The van der Waals surface area contributed by atoms with Crippen molar-refractivity contribution in [3.8, 4) is 11.3 Å². The zero-order valence-electron chi connectivity index (χ0n) is 17.4. The fourth-order valence-corrected chi connectivity index (χ4v) is 3.04. The Kier molecular flexibility index (Phi) is 5.28. The first kappa shape index (κ1) is 20.7. The summed E-state index contributed by atoms with van der Waals surface area (Å²) in [6, 6.07) is 9.37. The predicted molar refractivity (Wildman–Crippen MR) is 112 cm³/mol. The van der Waals surface area contributed by atoms with Gasteiger partial charge < -0.3 is 10.5 Å². The zero-order chi connectivity index (χ0) is 21.4. The van der Waals surface area contributed by atoms with E-state index in [1.807, 2.05) is 51.1 Å². The molecule has 3 aromatic rings. The van der Waals surface area contributed by atoms with Gasteiger partial charge in [-0.05, 0) is 51.5 Å². The number of ether oxygens (including phenoxy) is 1. The Morgan fingerprint density at radius 2 is 1.83 bits per heavy atom. The number of hydrogen-bond acceptors (Lipinski definition) is 6. The number of benzene rings is 1. The SMILES string of the molecule is CC(=O)n1ncc2cc(-c3ccc(C(C)(CN)C(=O)OC(C)(C)C)cn3)ccc21. The number of pyridine rings is 1. The van der Waals surface area contributed by atoms with Gasteiger partial charge in [-0.25, -0.2) is 4.68 Å². The molecule has 1 atom stereocenters. The van der Waals surface area contributed by atoms with E-state index < -0.39 is 11.0 Å². The summed E-state index contributed by atoms with van der Waals surface area (Å²) in [5, 5.41) is 4.97. The van der Waals surface area contributed by atoms with E-state index in [4.69, 9.17) is 10.5 Å². The third-order valence-electron chi connectivity index (χ3n) is 4.82. The van der Waals surface area contributed by atoms with Crippen LogP contribution in [-0.4, -0.2) is 38.8 Å². The number of nitrogens with zero attached hydrogens (tertiary/aromatic N) is 3. The lowest BCUT2D eigenvalue weighted by Crippen LogP contribution is -2.44. The molecule has 7 nitrogen and oxygen atoms in total. The Bertz CT molecular complexity index is 1060. The van der Waals surface area contributed by atoms with Crippen molar-refractivity contribution in [1.82, 2.24) is 14.8 Å². The summed E-state index contributed by atoms with van der Waals surface area (Å²) in [4.78, 5) is 28.9. The van der Waals surface area contributed by atoms with Crippen molar-refractivity contribution in [2.24, 2.45) is 5.73 Å². The fraction of sp³-hybridized carbons (Fsp3) is 0.364. The molecule has 0 saturated heterocycles. The van der Waals surface area contributed by atoms with E-state index in [1.165, 1.54) is 11.6 Å². The van der Waals surface area contributed by atoms with Crippen LogP contribution >= 0.6 is 0 Å². The summed E-state index contributed by atoms with van der Waals surface area (Å²) < 4.78 is 6.91. The minimum atomic E-state index is -0.981. The van der Waals surface area contributed by atoms with E-state index >= 15 is 0 Å². The number of esters is 1. The molecule has 7 heteroatoms. The number of carbonyl (C=O) groups excluding carboxylic acids is 2. The molecule has 0 aliphatic heterocycles. The Morgan fingerprint density at radius 1 is 1.10 bits per heavy atom. The van der Waals surface area contributed by atoms with Gasteiger partial charge in [0.05, 0.1) is 17.4 Å². The van der Waals surface area contributed by atoms with Crippen LogP contribution in [0.4, 0.5) is 0 Å². The quantitative estimate of drug-likeness (QED) is 0.682. The Morgan fingerprint density at radius 3 is 2.38 bits per heavy atom. The highest BCUT2D eigenvalue weighted by Crippen LogP contribution is 2.29. The summed E-state index contributed by atoms with van der Waals surface area (Å²) in [5.74, 6) is -0.515. The standard InChI is InChI=1S/C22H26N4O3/c1-14(27)26-19-9-6-15(10-16(19)11-25-26)18-8-7-17(12-24-18)22(5,13-23)20(28)29-21(2,3)4/h6-12H,13,23H2,1-5H3. The van der Waals surface area contributed by atoms with Crippen molar-refractivity contribution in [3.63, 3.8) is 0 Å². The maximum atomic E-state index is 12.7. The average molecular weight is 394 g/mol. The van der Waals surface area contributed by atoms with Crippen LogP contribution in [0.2, 0.25) is 0 Å². The van der Waals surface area contributed by atoms with E-state index in [-0.39, 0.29) is 18.4 Å². The molecular weight excluding hydrogens is 368 g/mol. The largest absolute Gasteiger partial charge is 0.459 e. The van der Waals surface area contributed by atoms with Gasteiger partial charge in [-0.2, -0.15) is 5.10 Å². The molecule has 0 amide bonds. The topological polar surface area (TPSA) is 100 Å². The van der Waals surface area contributed by atoms with Crippen molar-refractivity contribution in [2.45, 2.75) is 45.6 Å². The van der Waals surface area contributed by atoms with Crippen molar-refractivity contribution < 1.29 is 14.3 Å². The van der Waals surface area contributed by atoms with Crippen LogP contribution in [-0.2, 0) is 14.9 Å². The van der Waals surface area contributed by atoms with Gasteiger partial charge in [0.2, 0.25) is 5.91 Å². The molecule has 0 saturated carbocycles.